The molecule has 0 saturated carbocycles. The van der Waals surface area contributed by atoms with E-state index in [2.05, 4.69) is 52.0 Å². The molecule has 0 aromatic heterocycles. The molecule has 1 aromatic carbocycles. The summed E-state index contributed by atoms with van der Waals surface area (Å²) in [5.41, 5.74) is 1.51. The SMILES string of the molecule is C/C=c1/cccc2c1=C(C)C(C)(C)S2. The van der Waals surface area contributed by atoms with Crippen LogP contribution < -0.4 is 10.4 Å². The largest absolute Gasteiger partial charge is 0.115 e. The summed E-state index contributed by atoms with van der Waals surface area (Å²) in [6.45, 7) is 8.96. The van der Waals surface area contributed by atoms with Gasteiger partial charge in [0, 0.05) is 9.64 Å². The van der Waals surface area contributed by atoms with Gasteiger partial charge in [-0.3, -0.25) is 0 Å². The molecule has 1 aliphatic heterocycles. The van der Waals surface area contributed by atoms with Crippen LogP contribution in [0, 0.1) is 0 Å². The molecule has 0 radical (unpaired) electrons. The molecule has 0 aliphatic carbocycles. The average molecular weight is 204 g/mol. The molecule has 0 atom stereocenters. The minimum atomic E-state index is 0.265. The van der Waals surface area contributed by atoms with E-state index in [-0.39, 0.29) is 4.75 Å². The zero-order chi connectivity index (χ0) is 10.3. The minimum absolute atomic E-state index is 0.265. The van der Waals surface area contributed by atoms with Gasteiger partial charge < -0.3 is 0 Å². The van der Waals surface area contributed by atoms with Gasteiger partial charge in [0.25, 0.3) is 0 Å². The van der Waals surface area contributed by atoms with Gasteiger partial charge in [0.2, 0.25) is 0 Å². The van der Waals surface area contributed by atoms with Crippen LogP contribution in [0.3, 0.4) is 0 Å². The van der Waals surface area contributed by atoms with Crippen molar-refractivity contribution in [2.45, 2.75) is 37.3 Å². The Kier molecular flexibility index (Phi) is 2.23. The lowest BCUT2D eigenvalue weighted by Crippen LogP contribution is -2.27. The van der Waals surface area contributed by atoms with Crippen molar-refractivity contribution in [3.8, 4) is 0 Å². The maximum absolute atomic E-state index is 2.30. The Morgan fingerprint density at radius 3 is 2.64 bits per heavy atom. The van der Waals surface area contributed by atoms with E-state index >= 15 is 0 Å². The minimum Gasteiger partial charge on any atom is -0.115 e. The second-order valence-corrected chi connectivity index (χ2v) is 5.91. The Morgan fingerprint density at radius 2 is 2.00 bits per heavy atom. The van der Waals surface area contributed by atoms with E-state index in [1.807, 2.05) is 11.8 Å². The molecule has 0 amide bonds. The van der Waals surface area contributed by atoms with Crippen LogP contribution in [0.1, 0.15) is 27.7 Å². The molecule has 0 saturated heterocycles. The summed E-state index contributed by atoms with van der Waals surface area (Å²) < 4.78 is 0.265. The number of hydrogen-bond acceptors (Lipinski definition) is 1. The van der Waals surface area contributed by atoms with E-state index in [9.17, 15) is 0 Å². The van der Waals surface area contributed by atoms with Gasteiger partial charge in [-0.2, -0.15) is 0 Å². The van der Waals surface area contributed by atoms with Crippen molar-refractivity contribution >= 4 is 23.4 Å². The lowest BCUT2D eigenvalue weighted by Gasteiger charge is -2.18. The molecule has 74 valence electrons. The Labute approximate surface area is 89.7 Å². The van der Waals surface area contributed by atoms with Crippen LogP contribution in [0.15, 0.2) is 23.1 Å². The molecule has 2 rings (SSSR count). The summed E-state index contributed by atoms with van der Waals surface area (Å²) in [4.78, 5) is 1.43. The first kappa shape index (κ1) is 9.85. The number of rotatable bonds is 0. The molecular weight excluding hydrogens is 188 g/mol. The molecule has 1 aliphatic rings. The normalized spacial score (nSPS) is 20.0. The number of benzene rings is 1. The molecular formula is C13H16S. The number of hydrogen-bond donors (Lipinski definition) is 0. The maximum Gasteiger partial charge on any atom is 0.0365 e. The summed E-state index contributed by atoms with van der Waals surface area (Å²) >= 11 is 1.97. The van der Waals surface area contributed by atoms with E-state index in [1.54, 1.807) is 0 Å². The molecule has 0 N–H and O–H groups in total. The molecule has 0 spiro atoms. The predicted octanol–water partition coefficient (Wildman–Crippen LogP) is 2.54. The van der Waals surface area contributed by atoms with Crippen LogP contribution >= 0.6 is 11.8 Å². The smallest absolute Gasteiger partial charge is 0.0365 e. The maximum atomic E-state index is 2.30. The van der Waals surface area contributed by atoms with Gasteiger partial charge >= 0.3 is 0 Å². The quantitative estimate of drug-likeness (QED) is 0.626. The van der Waals surface area contributed by atoms with Crippen LogP contribution in [-0.4, -0.2) is 4.75 Å². The topological polar surface area (TPSA) is 0 Å². The Bertz CT molecular complexity index is 480. The van der Waals surface area contributed by atoms with Gasteiger partial charge in [0.05, 0.1) is 0 Å². The van der Waals surface area contributed by atoms with E-state index in [0.29, 0.717) is 0 Å². The summed E-state index contributed by atoms with van der Waals surface area (Å²) in [7, 11) is 0. The van der Waals surface area contributed by atoms with Gasteiger partial charge in [-0.25, -0.2) is 0 Å². The van der Waals surface area contributed by atoms with E-state index in [4.69, 9.17) is 0 Å². The summed E-state index contributed by atoms with van der Waals surface area (Å²) in [6, 6.07) is 6.57. The van der Waals surface area contributed by atoms with Crippen molar-refractivity contribution < 1.29 is 0 Å². The lowest BCUT2D eigenvalue weighted by atomic mass is 10.0. The van der Waals surface area contributed by atoms with Crippen molar-refractivity contribution in [2.24, 2.45) is 0 Å². The first-order valence-corrected chi connectivity index (χ1v) is 5.83. The number of thioether (sulfide) groups is 1. The third-order valence-electron chi connectivity index (χ3n) is 3.01. The summed E-state index contributed by atoms with van der Waals surface area (Å²) in [5, 5.41) is 2.84. The Morgan fingerprint density at radius 1 is 1.29 bits per heavy atom. The molecule has 1 aromatic rings. The van der Waals surface area contributed by atoms with Gasteiger partial charge in [-0.15, -0.1) is 11.8 Å². The number of fused-ring (bicyclic) bond motifs is 1. The molecule has 0 fully saturated rings. The lowest BCUT2D eigenvalue weighted by molar-refractivity contribution is 0.918. The molecule has 14 heavy (non-hydrogen) atoms. The third-order valence-corrected chi connectivity index (χ3v) is 4.39. The predicted molar refractivity (Wildman–Crippen MR) is 64.8 cm³/mol. The van der Waals surface area contributed by atoms with E-state index < -0.39 is 0 Å². The van der Waals surface area contributed by atoms with Crippen molar-refractivity contribution in [3.63, 3.8) is 0 Å². The van der Waals surface area contributed by atoms with Gasteiger partial charge in [0.15, 0.2) is 0 Å². The van der Waals surface area contributed by atoms with Gasteiger partial charge in [-0.1, -0.05) is 18.2 Å². The van der Waals surface area contributed by atoms with Crippen molar-refractivity contribution in [1.82, 2.24) is 0 Å². The van der Waals surface area contributed by atoms with E-state index in [1.165, 1.54) is 20.9 Å². The van der Waals surface area contributed by atoms with Crippen LogP contribution in [0.5, 0.6) is 0 Å². The van der Waals surface area contributed by atoms with Crippen molar-refractivity contribution in [2.75, 3.05) is 0 Å². The second-order valence-electron chi connectivity index (χ2n) is 4.25. The first-order valence-electron chi connectivity index (χ1n) is 5.02. The fraction of sp³-hybridized carbons (Fsp3) is 0.385. The highest BCUT2D eigenvalue weighted by molar-refractivity contribution is 8.01. The highest BCUT2D eigenvalue weighted by Crippen LogP contribution is 2.40. The van der Waals surface area contributed by atoms with Crippen molar-refractivity contribution in [1.29, 1.82) is 0 Å². The van der Waals surface area contributed by atoms with Gasteiger partial charge in [-0.05, 0) is 49.8 Å². The van der Waals surface area contributed by atoms with Crippen LogP contribution in [0.25, 0.3) is 11.6 Å². The van der Waals surface area contributed by atoms with Crippen molar-refractivity contribution in [3.05, 3.63) is 28.6 Å². The third kappa shape index (κ3) is 1.31. The monoisotopic (exact) mass is 204 g/mol. The Balaban J connectivity index is 2.90. The van der Waals surface area contributed by atoms with Gasteiger partial charge in [0.1, 0.15) is 0 Å². The molecule has 0 unspecified atom stereocenters. The standard InChI is InChI=1S/C13H16S/c1-5-10-7-6-8-11-12(10)9(2)13(3,4)14-11/h5-8H,1-4H3/b10-5-. The highest BCUT2D eigenvalue weighted by Gasteiger charge is 2.28. The fourth-order valence-corrected chi connectivity index (χ4v) is 3.25. The van der Waals surface area contributed by atoms with E-state index in [0.717, 1.165) is 0 Å². The van der Waals surface area contributed by atoms with Crippen LogP contribution in [0.4, 0.5) is 0 Å². The molecule has 0 bridgehead atoms. The zero-order valence-electron chi connectivity index (χ0n) is 9.22. The summed E-state index contributed by atoms with van der Waals surface area (Å²) in [6.07, 6.45) is 2.20. The first-order chi connectivity index (χ1) is 6.56. The zero-order valence-corrected chi connectivity index (χ0v) is 10.0. The Hall–Kier alpha value is -0.690. The average Bonchev–Trinajstić information content (AvgIpc) is 2.37. The second kappa shape index (κ2) is 3.16. The fourth-order valence-electron chi connectivity index (χ4n) is 1.93. The van der Waals surface area contributed by atoms with Crippen LogP contribution in [-0.2, 0) is 0 Å². The highest BCUT2D eigenvalue weighted by atomic mass is 32.2. The molecule has 1 heterocycles. The molecule has 1 heteroatoms. The van der Waals surface area contributed by atoms with Crippen LogP contribution in [0.2, 0.25) is 0 Å². The molecule has 0 nitrogen and oxygen atoms in total. The summed E-state index contributed by atoms with van der Waals surface area (Å²) in [5.74, 6) is 0.